The van der Waals surface area contributed by atoms with Gasteiger partial charge >= 0.3 is 0 Å². The standard InChI is InChI=1S/C11H12FN3O/c1-7-8(6-13)11(16)15(14-7)10-5-3-2-4-9(10)12/h2-5,8H,6,13H2,1H3. The number of rotatable bonds is 2. The van der Waals surface area contributed by atoms with Crippen molar-refractivity contribution in [2.75, 3.05) is 11.6 Å². The maximum absolute atomic E-state index is 13.5. The number of hydrogen-bond donors (Lipinski definition) is 1. The molecule has 1 aliphatic rings. The molecular weight excluding hydrogens is 209 g/mol. The van der Waals surface area contributed by atoms with Gasteiger partial charge in [-0.05, 0) is 19.1 Å². The average molecular weight is 221 g/mol. The first-order valence-electron chi connectivity index (χ1n) is 4.99. The number of halogens is 1. The van der Waals surface area contributed by atoms with Crippen LogP contribution in [0.1, 0.15) is 6.92 Å². The van der Waals surface area contributed by atoms with Crippen LogP contribution in [0.25, 0.3) is 0 Å². The van der Waals surface area contributed by atoms with E-state index in [1.54, 1.807) is 19.1 Å². The Kier molecular flexibility index (Phi) is 2.70. The third-order valence-electron chi connectivity index (χ3n) is 2.59. The molecule has 0 fully saturated rings. The second-order valence-electron chi connectivity index (χ2n) is 3.63. The van der Waals surface area contributed by atoms with E-state index in [1.165, 1.54) is 12.1 Å². The fourth-order valence-corrected chi connectivity index (χ4v) is 1.67. The lowest BCUT2D eigenvalue weighted by molar-refractivity contribution is -0.119. The number of hydrogen-bond acceptors (Lipinski definition) is 3. The van der Waals surface area contributed by atoms with Crippen molar-refractivity contribution in [3.05, 3.63) is 30.1 Å². The lowest BCUT2D eigenvalue weighted by Crippen LogP contribution is -2.32. The van der Waals surface area contributed by atoms with E-state index < -0.39 is 11.7 Å². The summed E-state index contributed by atoms with van der Waals surface area (Å²) in [6.45, 7) is 1.91. The largest absolute Gasteiger partial charge is 0.329 e. The second-order valence-corrected chi connectivity index (χ2v) is 3.63. The van der Waals surface area contributed by atoms with E-state index in [-0.39, 0.29) is 18.1 Å². The van der Waals surface area contributed by atoms with Crippen LogP contribution in [-0.4, -0.2) is 18.2 Å². The zero-order valence-corrected chi connectivity index (χ0v) is 8.85. The molecule has 1 atom stereocenters. The molecule has 0 aromatic heterocycles. The van der Waals surface area contributed by atoms with Crippen LogP contribution in [0.4, 0.5) is 10.1 Å². The Morgan fingerprint density at radius 2 is 2.19 bits per heavy atom. The molecule has 0 saturated carbocycles. The number of benzene rings is 1. The number of hydrazone groups is 1. The molecule has 1 unspecified atom stereocenters. The van der Waals surface area contributed by atoms with Gasteiger partial charge in [0, 0.05) is 12.3 Å². The van der Waals surface area contributed by atoms with Gasteiger partial charge in [0.05, 0.1) is 5.92 Å². The summed E-state index contributed by atoms with van der Waals surface area (Å²) < 4.78 is 13.5. The molecule has 0 radical (unpaired) electrons. The molecule has 4 nitrogen and oxygen atoms in total. The normalized spacial score (nSPS) is 20.2. The molecule has 0 bridgehead atoms. The van der Waals surface area contributed by atoms with Crippen molar-refractivity contribution in [3.63, 3.8) is 0 Å². The van der Waals surface area contributed by atoms with Gasteiger partial charge in [-0.15, -0.1) is 0 Å². The summed E-state index contributed by atoms with van der Waals surface area (Å²) in [5.41, 5.74) is 6.26. The highest BCUT2D eigenvalue weighted by atomic mass is 19.1. The van der Waals surface area contributed by atoms with Crippen LogP contribution in [0.2, 0.25) is 0 Å². The van der Waals surface area contributed by atoms with Crippen LogP contribution < -0.4 is 10.7 Å². The Bertz CT molecular complexity index is 458. The zero-order chi connectivity index (χ0) is 11.7. The minimum atomic E-state index is -0.468. The number of nitrogens with zero attached hydrogens (tertiary/aromatic N) is 2. The maximum Gasteiger partial charge on any atom is 0.257 e. The summed E-state index contributed by atoms with van der Waals surface area (Å²) in [4.78, 5) is 11.9. The van der Waals surface area contributed by atoms with Crippen molar-refractivity contribution in [1.29, 1.82) is 0 Å². The first-order valence-corrected chi connectivity index (χ1v) is 4.99. The van der Waals surface area contributed by atoms with Crippen LogP contribution in [0.15, 0.2) is 29.4 Å². The molecule has 16 heavy (non-hydrogen) atoms. The summed E-state index contributed by atoms with van der Waals surface area (Å²) in [6.07, 6.45) is 0. The summed E-state index contributed by atoms with van der Waals surface area (Å²) >= 11 is 0. The number of anilines is 1. The van der Waals surface area contributed by atoms with Crippen molar-refractivity contribution in [1.82, 2.24) is 0 Å². The van der Waals surface area contributed by atoms with Gasteiger partial charge in [-0.3, -0.25) is 4.79 Å². The van der Waals surface area contributed by atoms with Crippen molar-refractivity contribution in [3.8, 4) is 0 Å². The SMILES string of the molecule is CC1=NN(c2ccccc2F)C(=O)C1CN. The summed E-state index contributed by atoms with van der Waals surface area (Å²) in [5.74, 6) is -1.17. The number of nitrogens with two attached hydrogens (primary N) is 1. The molecule has 0 saturated heterocycles. The Balaban J connectivity index is 2.38. The lowest BCUT2D eigenvalue weighted by atomic mass is 10.1. The zero-order valence-electron chi connectivity index (χ0n) is 8.85. The molecule has 2 N–H and O–H groups in total. The molecule has 0 spiro atoms. The third-order valence-corrected chi connectivity index (χ3v) is 2.59. The van der Waals surface area contributed by atoms with E-state index in [4.69, 9.17) is 5.73 Å². The van der Waals surface area contributed by atoms with Crippen LogP contribution in [0.3, 0.4) is 0 Å². The van der Waals surface area contributed by atoms with E-state index in [0.717, 1.165) is 5.01 Å². The van der Waals surface area contributed by atoms with E-state index in [9.17, 15) is 9.18 Å². The smallest absolute Gasteiger partial charge is 0.257 e. The first-order chi connectivity index (χ1) is 7.65. The summed E-state index contributed by atoms with van der Waals surface area (Å²) in [7, 11) is 0. The number of carbonyl (C=O) groups excluding carboxylic acids is 1. The number of carbonyl (C=O) groups is 1. The highest BCUT2D eigenvalue weighted by Gasteiger charge is 2.34. The second kappa shape index (κ2) is 4.02. The van der Waals surface area contributed by atoms with Gasteiger partial charge in [-0.1, -0.05) is 12.1 Å². The number of para-hydroxylation sites is 1. The van der Waals surface area contributed by atoms with Gasteiger partial charge in [0.15, 0.2) is 0 Å². The molecule has 1 amide bonds. The minimum absolute atomic E-state index is 0.169. The summed E-state index contributed by atoms with van der Waals surface area (Å²) in [6, 6.07) is 6.04. The van der Waals surface area contributed by atoms with E-state index in [1.807, 2.05) is 0 Å². The Morgan fingerprint density at radius 3 is 2.75 bits per heavy atom. The first kappa shape index (κ1) is 10.8. The molecule has 1 aliphatic heterocycles. The molecule has 0 aliphatic carbocycles. The van der Waals surface area contributed by atoms with Gasteiger partial charge in [-0.25, -0.2) is 4.39 Å². The van der Waals surface area contributed by atoms with Crippen molar-refractivity contribution in [2.24, 2.45) is 16.8 Å². The summed E-state index contributed by atoms with van der Waals surface area (Å²) in [5, 5.41) is 5.12. The lowest BCUT2D eigenvalue weighted by Gasteiger charge is -2.13. The number of amides is 1. The minimum Gasteiger partial charge on any atom is -0.329 e. The molecule has 1 aromatic carbocycles. The highest BCUT2D eigenvalue weighted by Crippen LogP contribution is 2.25. The van der Waals surface area contributed by atoms with E-state index in [0.29, 0.717) is 5.71 Å². The third kappa shape index (κ3) is 1.59. The molecule has 84 valence electrons. The van der Waals surface area contributed by atoms with Gasteiger partial charge in [0.1, 0.15) is 11.5 Å². The quantitative estimate of drug-likeness (QED) is 0.813. The van der Waals surface area contributed by atoms with Gasteiger partial charge < -0.3 is 5.73 Å². The van der Waals surface area contributed by atoms with Crippen molar-refractivity contribution >= 4 is 17.3 Å². The highest BCUT2D eigenvalue weighted by molar-refractivity contribution is 6.14. The monoisotopic (exact) mass is 221 g/mol. The van der Waals surface area contributed by atoms with Gasteiger partial charge in [0.2, 0.25) is 0 Å². The van der Waals surface area contributed by atoms with Gasteiger partial charge in [-0.2, -0.15) is 10.1 Å². The Hall–Kier alpha value is -1.75. The topological polar surface area (TPSA) is 58.7 Å². The average Bonchev–Trinajstić information content (AvgIpc) is 2.55. The fraction of sp³-hybridized carbons (Fsp3) is 0.273. The van der Waals surface area contributed by atoms with Crippen LogP contribution in [0.5, 0.6) is 0 Å². The van der Waals surface area contributed by atoms with Crippen LogP contribution >= 0.6 is 0 Å². The van der Waals surface area contributed by atoms with Gasteiger partial charge in [0.25, 0.3) is 5.91 Å². The predicted octanol–water partition coefficient (Wildman–Crippen LogP) is 1.12. The molecule has 1 aromatic rings. The van der Waals surface area contributed by atoms with Crippen molar-refractivity contribution < 1.29 is 9.18 Å². The van der Waals surface area contributed by atoms with Crippen LogP contribution in [-0.2, 0) is 4.79 Å². The molecule has 5 heteroatoms. The molecule has 1 heterocycles. The van der Waals surface area contributed by atoms with E-state index >= 15 is 0 Å². The maximum atomic E-state index is 13.5. The van der Waals surface area contributed by atoms with Crippen LogP contribution in [0, 0.1) is 11.7 Å². The molecule has 2 rings (SSSR count). The fourth-order valence-electron chi connectivity index (χ4n) is 1.67. The van der Waals surface area contributed by atoms with E-state index in [2.05, 4.69) is 5.10 Å². The molecular formula is C11H12FN3O. The predicted molar refractivity (Wildman–Crippen MR) is 59.5 cm³/mol. The Morgan fingerprint density at radius 1 is 1.50 bits per heavy atom. The van der Waals surface area contributed by atoms with Crippen molar-refractivity contribution in [2.45, 2.75) is 6.92 Å². The Labute approximate surface area is 92.5 Å².